The molecule has 22 heavy (non-hydrogen) atoms. The summed E-state index contributed by atoms with van der Waals surface area (Å²) in [4.78, 5) is 25.5. The van der Waals surface area contributed by atoms with Gasteiger partial charge in [0.15, 0.2) is 5.78 Å². The standard InChI is InChI=1S/C18H16N2O2/c1-4-14-16-15(11-7-5-6-8-12(11)17(16)21)13(9-19)18(22)20(14)10(2)3/h5-8,10H,4H2,1-3H3. The van der Waals surface area contributed by atoms with Gasteiger partial charge in [0.25, 0.3) is 5.56 Å². The van der Waals surface area contributed by atoms with Crippen LogP contribution in [-0.2, 0) is 6.42 Å². The number of carbonyl (C=O) groups excluding carboxylic acids is 1. The second kappa shape index (κ2) is 4.96. The topological polar surface area (TPSA) is 62.9 Å². The maximum atomic E-state index is 12.8. The minimum atomic E-state index is -0.308. The third kappa shape index (κ3) is 1.69. The number of rotatable bonds is 2. The Hall–Kier alpha value is -2.67. The monoisotopic (exact) mass is 292 g/mol. The molecule has 3 rings (SSSR count). The highest BCUT2D eigenvalue weighted by Gasteiger charge is 2.34. The lowest BCUT2D eigenvalue weighted by atomic mass is 9.98. The second-order valence-electron chi connectivity index (χ2n) is 5.68. The van der Waals surface area contributed by atoms with E-state index in [9.17, 15) is 14.9 Å². The number of pyridine rings is 1. The van der Waals surface area contributed by atoms with Crippen LogP contribution in [0.2, 0.25) is 0 Å². The first-order valence-electron chi connectivity index (χ1n) is 7.38. The van der Waals surface area contributed by atoms with Crippen LogP contribution in [0.1, 0.15) is 54.0 Å². The Morgan fingerprint density at radius 2 is 1.77 bits per heavy atom. The number of hydrogen-bond acceptors (Lipinski definition) is 3. The summed E-state index contributed by atoms with van der Waals surface area (Å²) in [7, 11) is 0. The Bertz CT molecular complexity index is 899. The van der Waals surface area contributed by atoms with Gasteiger partial charge in [-0.1, -0.05) is 31.2 Å². The van der Waals surface area contributed by atoms with Gasteiger partial charge in [-0.05, 0) is 25.8 Å². The molecule has 1 aromatic carbocycles. The van der Waals surface area contributed by atoms with Crippen molar-refractivity contribution in [1.29, 1.82) is 5.26 Å². The summed E-state index contributed by atoms with van der Waals surface area (Å²) in [5.74, 6) is -0.0895. The largest absolute Gasteiger partial charge is 0.308 e. The number of ketones is 1. The molecule has 1 heterocycles. The van der Waals surface area contributed by atoms with E-state index in [2.05, 4.69) is 0 Å². The van der Waals surface area contributed by atoms with E-state index in [4.69, 9.17) is 0 Å². The highest BCUT2D eigenvalue weighted by atomic mass is 16.1. The van der Waals surface area contributed by atoms with Gasteiger partial charge in [-0.3, -0.25) is 9.59 Å². The van der Waals surface area contributed by atoms with Crippen LogP contribution in [0, 0.1) is 11.3 Å². The van der Waals surface area contributed by atoms with Gasteiger partial charge in [-0.15, -0.1) is 0 Å². The molecule has 1 aromatic heterocycles. The number of nitrogens with zero attached hydrogens (tertiary/aromatic N) is 2. The lowest BCUT2D eigenvalue weighted by Crippen LogP contribution is -2.30. The van der Waals surface area contributed by atoms with Gasteiger partial charge in [0.05, 0.1) is 5.56 Å². The van der Waals surface area contributed by atoms with E-state index in [1.165, 1.54) is 0 Å². The number of benzene rings is 1. The Kier molecular flexibility index (Phi) is 3.22. The van der Waals surface area contributed by atoms with Crippen LogP contribution >= 0.6 is 0 Å². The molecule has 0 saturated carbocycles. The van der Waals surface area contributed by atoms with Gasteiger partial charge in [0.2, 0.25) is 0 Å². The minimum absolute atomic E-state index is 0.0687. The van der Waals surface area contributed by atoms with Crippen LogP contribution in [-0.4, -0.2) is 10.4 Å². The Balaban J connectivity index is 2.55. The third-order valence-corrected chi connectivity index (χ3v) is 4.14. The van der Waals surface area contributed by atoms with Crippen molar-refractivity contribution in [1.82, 2.24) is 4.57 Å². The molecule has 0 saturated heterocycles. The molecule has 0 fully saturated rings. The van der Waals surface area contributed by atoms with E-state index < -0.39 is 0 Å². The van der Waals surface area contributed by atoms with E-state index >= 15 is 0 Å². The SMILES string of the molecule is CCc1c2c(c(C#N)c(=O)n1C(C)C)-c1ccccc1C2=O. The number of fused-ring (bicyclic) bond motifs is 3. The van der Waals surface area contributed by atoms with Gasteiger partial charge in [-0.2, -0.15) is 5.26 Å². The predicted molar refractivity (Wildman–Crippen MR) is 84.0 cm³/mol. The molecule has 0 atom stereocenters. The van der Waals surface area contributed by atoms with Gasteiger partial charge < -0.3 is 4.57 Å². The maximum Gasteiger partial charge on any atom is 0.269 e. The zero-order valence-corrected chi connectivity index (χ0v) is 12.8. The maximum absolute atomic E-state index is 12.8. The molecule has 0 amide bonds. The highest BCUT2D eigenvalue weighted by Crippen LogP contribution is 2.39. The van der Waals surface area contributed by atoms with Crippen LogP contribution in [0.15, 0.2) is 29.1 Å². The number of carbonyl (C=O) groups is 1. The quantitative estimate of drug-likeness (QED) is 0.729. The molecular weight excluding hydrogens is 276 g/mol. The van der Waals surface area contributed by atoms with E-state index in [-0.39, 0.29) is 22.9 Å². The predicted octanol–water partition coefficient (Wildman–Crippen LogP) is 3.07. The molecule has 0 N–H and O–H groups in total. The van der Waals surface area contributed by atoms with Gasteiger partial charge in [0.1, 0.15) is 11.6 Å². The first-order chi connectivity index (χ1) is 10.5. The summed E-state index contributed by atoms with van der Waals surface area (Å²) in [6, 6.07) is 9.10. The Morgan fingerprint density at radius 1 is 1.14 bits per heavy atom. The van der Waals surface area contributed by atoms with Crippen LogP contribution in [0.3, 0.4) is 0 Å². The van der Waals surface area contributed by atoms with Crippen molar-refractivity contribution in [2.75, 3.05) is 0 Å². The summed E-state index contributed by atoms with van der Waals surface area (Å²) < 4.78 is 1.58. The number of aromatic nitrogens is 1. The van der Waals surface area contributed by atoms with Crippen molar-refractivity contribution in [3.8, 4) is 17.2 Å². The van der Waals surface area contributed by atoms with Crippen molar-refractivity contribution in [3.63, 3.8) is 0 Å². The fourth-order valence-corrected chi connectivity index (χ4v) is 3.28. The van der Waals surface area contributed by atoms with Crippen LogP contribution in [0.4, 0.5) is 0 Å². The summed E-state index contributed by atoms with van der Waals surface area (Å²) in [6.07, 6.45) is 0.571. The van der Waals surface area contributed by atoms with Gasteiger partial charge >= 0.3 is 0 Å². The molecule has 4 nitrogen and oxygen atoms in total. The Labute approximate surface area is 128 Å². The first kappa shape index (κ1) is 14.3. The summed E-state index contributed by atoms with van der Waals surface area (Å²) in [5, 5.41) is 9.49. The molecule has 4 heteroatoms. The van der Waals surface area contributed by atoms with Crippen molar-refractivity contribution < 1.29 is 4.79 Å². The molecular formula is C18H16N2O2. The normalized spacial score (nSPS) is 12.2. The van der Waals surface area contributed by atoms with E-state index in [0.29, 0.717) is 28.7 Å². The smallest absolute Gasteiger partial charge is 0.269 e. The molecule has 1 aliphatic carbocycles. The summed E-state index contributed by atoms with van der Waals surface area (Å²) in [5.41, 5.74) is 2.79. The number of nitriles is 1. The van der Waals surface area contributed by atoms with E-state index in [1.54, 1.807) is 22.8 Å². The Morgan fingerprint density at radius 3 is 2.32 bits per heavy atom. The fourth-order valence-electron chi connectivity index (χ4n) is 3.28. The molecule has 0 radical (unpaired) electrons. The summed E-state index contributed by atoms with van der Waals surface area (Å²) >= 11 is 0. The highest BCUT2D eigenvalue weighted by molar-refractivity contribution is 6.23. The molecule has 0 unspecified atom stereocenters. The van der Waals surface area contributed by atoms with Crippen LogP contribution < -0.4 is 5.56 Å². The first-order valence-corrected chi connectivity index (χ1v) is 7.38. The average Bonchev–Trinajstić information content (AvgIpc) is 2.80. The summed E-state index contributed by atoms with van der Waals surface area (Å²) in [6.45, 7) is 5.71. The van der Waals surface area contributed by atoms with Crippen LogP contribution in [0.25, 0.3) is 11.1 Å². The van der Waals surface area contributed by atoms with Crippen molar-refractivity contribution >= 4 is 5.78 Å². The van der Waals surface area contributed by atoms with Crippen LogP contribution in [0.5, 0.6) is 0 Å². The zero-order valence-electron chi connectivity index (χ0n) is 12.8. The van der Waals surface area contributed by atoms with Crippen molar-refractivity contribution in [2.24, 2.45) is 0 Å². The fraction of sp³-hybridized carbons (Fsp3) is 0.278. The molecule has 0 spiro atoms. The lowest BCUT2D eigenvalue weighted by molar-refractivity contribution is 0.104. The third-order valence-electron chi connectivity index (χ3n) is 4.14. The molecule has 0 bridgehead atoms. The van der Waals surface area contributed by atoms with E-state index in [1.807, 2.05) is 32.9 Å². The molecule has 2 aromatic rings. The second-order valence-corrected chi connectivity index (χ2v) is 5.68. The van der Waals surface area contributed by atoms with Crippen molar-refractivity contribution in [3.05, 3.63) is 57.0 Å². The average molecular weight is 292 g/mol. The molecule has 1 aliphatic rings. The van der Waals surface area contributed by atoms with Gasteiger partial charge in [0, 0.05) is 22.9 Å². The van der Waals surface area contributed by atoms with E-state index in [0.717, 1.165) is 5.69 Å². The minimum Gasteiger partial charge on any atom is -0.308 e. The molecule has 0 aliphatic heterocycles. The van der Waals surface area contributed by atoms with Crippen molar-refractivity contribution in [2.45, 2.75) is 33.2 Å². The lowest BCUT2D eigenvalue weighted by Gasteiger charge is -2.19. The van der Waals surface area contributed by atoms with Gasteiger partial charge in [-0.25, -0.2) is 0 Å². The zero-order chi connectivity index (χ0) is 16.0. The number of hydrogen-bond donors (Lipinski definition) is 0. The molecule has 110 valence electrons.